The van der Waals surface area contributed by atoms with Crippen LogP contribution in [0.25, 0.3) is 0 Å². The van der Waals surface area contributed by atoms with Gasteiger partial charge >= 0.3 is 0 Å². The number of hydrogen-bond acceptors (Lipinski definition) is 12. The third kappa shape index (κ3) is 4.61. The average Bonchev–Trinajstić information content (AvgIpc) is 3.36. The maximum atomic E-state index is 12.9. The molecule has 0 spiro atoms. The monoisotopic (exact) mass is 492 g/mol. The predicted molar refractivity (Wildman–Crippen MR) is 115 cm³/mol. The third-order valence-corrected chi connectivity index (χ3v) is 5.64. The summed E-state index contributed by atoms with van der Waals surface area (Å²) in [5, 5.41) is 39.4. The average molecular weight is 492 g/mol. The predicted octanol–water partition coefficient (Wildman–Crippen LogP) is -0.323. The van der Waals surface area contributed by atoms with E-state index in [9.17, 15) is 30.0 Å². The molecule has 4 N–H and O–H groups in total. The summed E-state index contributed by atoms with van der Waals surface area (Å²) >= 11 is 0. The lowest BCUT2D eigenvalue weighted by Gasteiger charge is -2.39. The van der Waals surface area contributed by atoms with Crippen LogP contribution in [0.1, 0.15) is 20.7 Å². The number of Topliss-reactive ketones (excluding diaryl/α,β-unsaturated/α-hetero) is 2. The second-order valence-corrected chi connectivity index (χ2v) is 7.75. The summed E-state index contributed by atoms with van der Waals surface area (Å²) in [4.78, 5) is 25.8. The number of carbonyl (C=O) groups excluding carboxylic acids is 2. The van der Waals surface area contributed by atoms with Crippen LogP contribution in [0.2, 0.25) is 0 Å². The first kappa shape index (κ1) is 24.7. The van der Waals surface area contributed by atoms with Gasteiger partial charge in [0.1, 0.15) is 24.4 Å². The summed E-state index contributed by atoms with van der Waals surface area (Å²) < 4.78 is 32.0. The van der Waals surface area contributed by atoms with E-state index in [4.69, 9.17) is 28.4 Å². The maximum Gasteiger partial charge on any atom is 0.233 e. The largest absolute Gasteiger partial charge is 0.493 e. The lowest BCUT2D eigenvalue weighted by molar-refractivity contribution is -0.277. The highest BCUT2D eigenvalue weighted by Crippen LogP contribution is 2.42. The number of ether oxygens (including phenoxy) is 6. The van der Waals surface area contributed by atoms with E-state index >= 15 is 0 Å². The van der Waals surface area contributed by atoms with Gasteiger partial charge in [-0.3, -0.25) is 9.59 Å². The summed E-state index contributed by atoms with van der Waals surface area (Å²) in [6, 6.07) is 6.66. The standard InChI is InChI=1S/C23H24O12/c1-30-13-5-10(3-4-12(13)34-23-21(29)20(28)19(27)16(8-24)35-23)17(25)18(26)11-6-14(31-2)22-15(7-11)32-9-33-22/h3-7,16,19-21,23-24,27-29H,8-9H2,1-2H3/t16-,19-,20+,21-,23-/m1/s1. The SMILES string of the molecule is COc1cc(C(=O)C(=O)c2cc(OC)c3c(c2)OCO3)ccc1O[C@@H]1O[C@H](CO)[C@@H](O)[C@H](O)[C@H]1O. The Bertz CT molecular complexity index is 1110. The summed E-state index contributed by atoms with van der Waals surface area (Å²) in [5.74, 6) is -0.754. The van der Waals surface area contributed by atoms with Crippen LogP contribution in [-0.2, 0) is 4.74 Å². The fourth-order valence-electron chi connectivity index (χ4n) is 3.72. The minimum Gasteiger partial charge on any atom is -0.493 e. The Balaban J connectivity index is 1.55. The number of fused-ring (bicyclic) bond motifs is 1. The molecule has 4 rings (SSSR count). The number of carbonyl (C=O) groups is 2. The van der Waals surface area contributed by atoms with E-state index in [-0.39, 0.29) is 40.9 Å². The Morgan fingerprint density at radius 3 is 2.26 bits per heavy atom. The maximum absolute atomic E-state index is 12.9. The first-order valence-electron chi connectivity index (χ1n) is 10.5. The van der Waals surface area contributed by atoms with Crippen LogP contribution in [0, 0.1) is 0 Å². The van der Waals surface area contributed by atoms with Gasteiger partial charge in [-0.25, -0.2) is 0 Å². The van der Waals surface area contributed by atoms with Crippen molar-refractivity contribution in [2.24, 2.45) is 0 Å². The lowest BCUT2D eigenvalue weighted by atomic mass is 9.99. The zero-order valence-electron chi connectivity index (χ0n) is 18.7. The van der Waals surface area contributed by atoms with Crippen LogP contribution in [0.5, 0.6) is 28.7 Å². The molecule has 0 aromatic heterocycles. The Kier molecular flexibility index (Phi) is 7.10. The molecule has 0 saturated carbocycles. The Morgan fingerprint density at radius 1 is 0.886 bits per heavy atom. The van der Waals surface area contributed by atoms with Gasteiger partial charge in [0.25, 0.3) is 0 Å². The smallest absolute Gasteiger partial charge is 0.233 e. The highest BCUT2D eigenvalue weighted by Gasteiger charge is 2.45. The Morgan fingerprint density at radius 2 is 1.57 bits per heavy atom. The topological polar surface area (TPSA) is 170 Å². The van der Waals surface area contributed by atoms with Crippen molar-refractivity contribution in [3.8, 4) is 28.7 Å². The molecule has 35 heavy (non-hydrogen) atoms. The zero-order chi connectivity index (χ0) is 25.3. The third-order valence-electron chi connectivity index (χ3n) is 5.64. The van der Waals surface area contributed by atoms with Crippen LogP contribution < -0.4 is 23.7 Å². The number of aliphatic hydroxyl groups is 4. The molecule has 5 atom stereocenters. The minimum absolute atomic E-state index is 0.00960. The molecule has 2 heterocycles. The highest BCUT2D eigenvalue weighted by atomic mass is 16.7. The highest BCUT2D eigenvalue weighted by molar-refractivity contribution is 6.49. The van der Waals surface area contributed by atoms with Gasteiger partial charge in [0.2, 0.25) is 30.4 Å². The van der Waals surface area contributed by atoms with E-state index in [0.29, 0.717) is 5.75 Å². The van der Waals surface area contributed by atoms with Gasteiger partial charge < -0.3 is 48.8 Å². The van der Waals surface area contributed by atoms with Crippen molar-refractivity contribution in [1.82, 2.24) is 0 Å². The van der Waals surface area contributed by atoms with Crippen molar-refractivity contribution in [1.29, 1.82) is 0 Å². The quantitative estimate of drug-likeness (QED) is 0.280. The molecule has 188 valence electrons. The number of hydrogen-bond donors (Lipinski definition) is 4. The lowest BCUT2D eigenvalue weighted by Crippen LogP contribution is -2.60. The van der Waals surface area contributed by atoms with Gasteiger partial charge in [-0.05, 0) is 30.3 Å². The molecule has 12 nitrogen and oxygen atoms in total. The molecule has 0 amide bonds. The van der Waals surface area contributed by atoms with Crippen molar-refractivity contribution >= 4 is 11.6 Å². The first-order chi connectivity index (χ1) is 16.8. The second-order valence-electron chi connectivity index (χ2n) is 7.75. The molecule has 12 heteroatoms. The molecule has 1 fully saturated rings. The molecule has 2 aromatic carbocycles. The molecule has 0 aliphatic carbocycles. The van der Waals surface area contributed by atoms with Crippen molar-refractivity contribution in [3.63, 3.8) is 0 Å². The van der Waals surface area contributed by atoms with Gasteiger partial charge in [-0.1, -0.05) is 0 Å². The minimum atomic E-state index is -1.64. The fraction of sp³-hybridized carbons (Fsp3) is 0.391. The van der Waals surface area contributed by atoms with E-state index < -0.39 is 48.9 Å². The van der Waals surface area contributed by atoms with Crippen LogP contribution in [0.4, 0.5) is 0 Å². The van der Waals surface area contributed by atoms with Gasteiger partial charge in [-0.2, -0.15) is 0 Å². The van der Waals surface area contributed by atoms with Gasteiger partial charge in [-0.15, -0.1) is 0 Å². The van der Waals surface area contributed by atoms with E-state index in [1.54, 1.807) is 0 Å². The van der Waals surface area contributed by atoms with E-state index in [1.165, 1.54) is 44.6 Å². The van der Waals surface area contributed by atoms with Gasteiger partial charge in [0, 0.05) is 11.1 Å². The Hall–Kier alpha value is -3.42. The summed E-state index contributed by atoms with van der Waals surface area (Å²) in [6.07, 6.45) is -7.43. The van der Waals surface area contributed by atoms with E-state index in [1.807, 2.05) is 0 Å². The van der Waals surface area contributed by atoms with Crippen LogP contribution in [0.3, 0.4) is 0 Å². The summed E-state index contributed by atoms with van der Waals surface area (Å²) in [6.45, 7) is -0.660. The zero-order valence-corrected chi connectivity index (χ0v) is 18.7. The van der Waals surface area contributed by atoms with Crippen molar-refractivity contribution in [3.05, 3.63) is 41.5 Å². The number of ketones is 2. The Labute approximate surface area is 199 Å². The van der Waals surface area contributed by atoms with Crippen LogP contribution in [0.15, 0.2) is 30.3 Å². The molecule has 0 bridgehead atoms. The second kappa shape index (κ2) is 10.1. The molecular weight excluding hydrogens is 468 g/mol. The first-order valence-corrected chi connectivity index (χ1v) is 10.5. The molecule has 2 aliphatic rings. The van der Waals surface area contributed by atoms with Crippen molar-refractivity contribution < 1.29 is 58.4 Å². The van der Waals surface area contributed by atoms with Crippen molar-refractivity contribution in [2.75, 3.05) is 27.6 Å². The van der Waals surface area contributed by atoms with Gasteiger partial charge in [0.05, 0.1) is 20.8 Å². The van der Waals surface area contributed by atoms with Gasteiger partial charge in [0.15, 0.2) is 23.0 Å². The fourth-order valence-corrected chi connectivity index (χ4v) is 3.72. The summed E-state index contributed by atoms with van der Waals surface area (Å²) in [5.41, 5.74) is 0.0290. The molecule has 0 radical (unpaired) electrons. The molecule has 0 unspecified atom stereocenters. The van der Waals surface area contributed by atoms with E-state index in [0.717, 1.165) is 0 Å². The number of methoxy groups -OCH3 is 2. The molecule has 2 aliphatic heterocycles. The van der Waals surface area contributed by atoms with Crippen LogP contribution >= 0.6 is 0 Å². The van der Waals surface area contributed by atoms with Crippen molar-refractivity contribution in [2.45, 2.75) is 30.7 Å². The molecule has 1 saturated heterocycles. The summed E-state index contributed by atoms with van der Waals surface area (Å²) in [7, 11) is 2.70. The number of rotatable bonds is 8. The number of aliphatic hydroxyl groups excluding tert-OH is 4. The number of benzene rings is 2. The molecule has 2 aromatic rings. The van der Waals surface area contributed by atoms with Crippen LogP contribution in [-0.4, -0.2) is 90.3 Å². The molecular formula is C23H24O12. The normalized spacial score (nSPS) is 25.1. The van der Waals surface area contributed by atoms with E-state index in [2.05, 4.69) is 0 Å².